The van der Waals surface area contributed by atoms with Crippen LogP contribution in [0.15, 0.2) is 48.5 Å². The molecule has 0 saturated carbocycles. The molecule has 23 heavy (non-hydrogen) atoms. The first-order valence-corrected chi connectivity index (χ1v) is 7.32. The second kappa shape index (κ2) is 7.65. The van der Waals surface area contributed by atoms with Crippen molar-refractivity contribution in [2.24, 2.45) is 0 Å². The molecular formula is C18H21NO4. The first-order chi connectivity index (χ1) is 11.0. The molecule has 0 aromatic heterocycles. The lowest BCUT2D eigenvalue weighted by molar-refractivity contribution is 0.0851. The van der Waals surface area contributed by atoms with Gasteiger partial charge in [0.15, 0.2) is 0 Å². The Labute approximate surface area is 135 Å². The summed E-state index contributed by atoms with van der Waals surface area (Å²) in [6.07, 6.45) is -0.785. The van der Waals surface area contributed by atoms with Gasteiger partial charge in [-0.05, 0) is 24.6 Å². The van der Waals surface area contributed by atoms with E-state index in [1.165, 1.54) is 14.2 Å². The van der Waals surface area contributed by atoms with E-state index in [0.717, 1.165) is 5.56 Å². The highest BCUT2D eigenvalue weighted by Crippen LogP contribution is 2.23. The second-order valence-electron chi connectivity index (χ2n) is 5.22. The van der Waals surface area contributed by atoms with Crippen LogP contribution in [-0.2, 0) is 0 Å². The van der Waals surface area contributed by atoms with Crippen LogP contribution in [0.5, 0.6) is 11.5 Å². The Kier molecular flexibility index (Phi) is 5.60. The Morgan fingerprint density at radius 3 is 2.13 bits per heavy atom. The van der Waals surface area contributed by atoms with Crippen LogP contribution in [0, 0.1) is 0 Å². The van der Waals surface area contributed by atoms with E-state index < -0.39 is 12.1 Å². The number of carbonyl (C=O) groups excluding carboxylic acids is 1. The Bertz CT molecular complexity index is 635. The van der Waals surface area contributed by atoms with Crippen LogP contribution < -0.4 is 14.8 Å². The van der Waals surface area contributed by atoms with Gasteiger partial charge < -0.3 is 19.9 Å². The molecule has 0 unspecified atom stereocenters. The summed E-state index contributed by atoms with van der Waals surface area (Å²) in [6.45, 7) is 1.76. The number of nitrogens with one attached hydrogen (secondary N) is 1. The first kappa shape index (κ1) is 16.8. The number of ether oxygens (including phenoxy) is 2. The van der Waals surface area contributed by atoms with Gasteiger partial charge in [-0.25, -0.2) is 0 Å². The maximum atomic E-state index is 12.4. The molecule has 2 atom stereocenters. The van der Waals surface area contributed by atoms with Crippen LogP contribution in [-0.4, -0.2) is 31.3 Å². The average molecular weight is 315 g/mol. The summed E-state index contributed by atoms with van der Waals surface area (Å²) in [5.74, 6) is 0.765. The van der Waals surface area contributed by atoms with Crippen LogP contribution in [0.1, 0.15) is 28.9 Å². The summed E-state index contributed by atoms with van der Waals surface area (Å²) in [6, 6.07) is 13.7. The number of aliphatic hydroxyl groups excluding tert-OH is 1. The fourth-order valence-electron chi connectivity index (χ4n) is 2.25. The molecule has 2 aromatic rings. The van der Waals surface area contributed by atoms with Gasteiger partial charge >= 0.3 is 0 Å². The summed E-state index contributed by atoms with van der Waals surface area (Å²) in [5, 5.41) is 13.1. The van der Waals surface area contributed by atoms with E-state index in [-0.39, 0.29) is 5.91 Å². The molecule has 2 aromatic carbocycles. The molecule has 0 aliphatic heterocycles. The van der Waals surface area contributed by atoms with Gasteiger partial charge in [0.1, 0.15) is 11.5 Å². The van der Waals surface area contributed by atoms with E-state index in [4.69, 9.17) is 9.47 Å². The lowest BCUT2D eigenvalue weighted by Gasteiger charge is -2.21. The summed E-state index contributed by atoms with van der Waals surface area (Å²) in [4.78, 5) is 12.4. The minimum atomic E-state index is -0.785. The van der Waals surface area contributed by atoms with Gasteiger partial charge in [0.05, 0.1) is 26.4 Å². The molecule has 0 bridgehead atoms. The van der Waals surface area contributed by atoms with E-state index in [0.29, 0.717) is 17.1 Å². The summed E-state index contributed by atoms with van der Waals surface area (Å²) < 4.78 is 10.3. The molecule has 5 heteroatoms. The molecule has 0 aliphatic carbocycles. The van der Waals surface area contributed by atoms with E-state index >= 15 is 0 Å². The van der Waals surface area contributed by atoms with Crippen molar-refractivity contribution in [1.29, 1.82) is 0 Å². The molecule has 2 N–H and O–H groups in total. The number of hydrogen-bond acceptors (Lipinski definition) is 4. The summed E-state index contributed by atoms with van der Waals surface area (Å²) >= 11 is 0. The second-order valence-corrected chi connectivity index (χ2v) is 5.22. The van der Waals surface area contributed by atoms with Gasteiger partial charge in [-0.2, -0.15) is 0 Å². The topological polar surface area (TPSA) is 67.8 Å². The molecule has 0 aliphatic rings. The predicted molar refractivity (Wildman–Crippen MR) is 87.9 cm³/mol. The highest BCUT2D eigenvalue weighted by atomic mass is 16.5. The van der Waals surface area contributed by atoms with Gasteiger partial charge in [-0.15, -0.1) is 0 Å². The number of hydrogen-bond donors (Lipinski definition) is 2. The van der Waals surface area contributed by atoms with Crippen molar-refractivity contribution < 1.29 is 19.4 Å². The molecule has 5 nitrogen and oxygen atoms in total. The Morgan fingerprint density at radius 1 is 1.04 bits per heavy atom. The molecular weight excluding hydrogens is 294 g/mol. The number of carbonyl (C=O) groups is 1. The number of aliphatic hydroxyl groups is 1. The van der Waals surface area contributed by atoms with Gasteiger partial charge in [0.2, 0.25) is 0 Å². The van der Waals surface area contributed by atoms with E-state index in [1.54, 1.807) is 25.1 Å². The van der Waals surface area contributed by atoms with Crippen LogP contribution in [0.3, 0.4) is 0 Å². The van der Waals surface area contributed by atoms with Gasteiger partial charge in [0, 0.05) is 11.6 Å². The van der Waals surface area contributed by atoms with Crippen LogP contribution in [0.2, 0.25) is 0 Å². The fourth-order valence-corrected chi connectivity index (χ4v) is 2.25. The van der Waals surface area contributed by atoms with Crippen molar-refractivity contribution in [1.82, 2.24) is 5.32 Å². The third-order valence-electron chi connectivity index (χ3n) is 3.59. The van der Waals surface area contributed by atoms with Gasteiger partial charge in [-0.3, -0.25) is 4.79 Å². The Morgan fingerprint density at radius 2 is 1.61 bits per heavy atom. The zero-order valence-corrected chi connectivity index (χ0v) is 13.4. The smallest absolute Gasteiger partial charge is 0.251 e. The quantitative estimate of drug-likeness (QED) is 0.859. The summed E-state index contributed by atoms with van der Waals surface area (Å²) in [5.41, 5.74) is 1.16. The molecule has 0 radical (unpaired) electrons. The normalized spacial score (nSPS) is 13.0. The third kappa shape index (κ3) is 4.23. The van der Waals surface area contributed by atoms with Crippen LogP contribution in [0.4, 0.5) is 0 Å². The average Bonchev–Trinajstić information content (AvgIpc) is 2.61. The highest BCUT2D eigenvalue weighted by molar-refractivity contribution is 5.95. The lowest BCUT2D eigenvalue weighted by atomic mass is 10.0. The Balaban J connectivity index is 2.12. The van der Waals surface area contributed by atoms with Crippen molar-refractivity contribution in [3.63, 3.8) is 0 Å². The fraction of sp³-hybridized carbons (Fsp3) is 0.278. The molecule has 0 fully saturated rings. The molecule has 2 rings (SSSR count). The monoisotopic (exact) mass is 315 g/mol. The van der Waals surface area contributed by atoms with E-state index in [2.05, 4.69) is 5.32 Å². The molecule has 0 saturated heterocycles. The highest BCUT2D eigenvalue weighted by Gasteiger charge is 2.19. The van der Waals surface area contributed by atoms with Crippen LogP contribution >= 0.6 is 0 Å². The van der Waals surface area contributed by atoms with Crippen molar-refractivity contribution in [2.75, 3.05) is 14.2 Å². The van der Waals surface area contributed by atoms with Crippen molar-refractivity contribution in [3.05, 3.63) is 59.7 Å². The zero-order valence-electron chi connectivity index (χ0n) is 13.4. The van der Waals surface area contributed by atoms with Gasteiger partial charge in [0.25, 0.3) is 5.91 Å². The minimum Gasteiger partial charge on any atom is -0.497 e. The number of methoxy groups -OCH3 is 2. The van der Waals surface area contributed by atoms with Crippen molar-refractivity contribution in [3.8, 4) is 11.5 Å². The third-order valence-corrected chi connectivity index (χ3v) is 3.59. The number of rotatable bonds is 6. The maximum absolute atomic E-state index is 12.4. The van der Waals surface area contributed by atoms with E-state index in [9.17, 15) is 9.90 Å². The largest absolute Gasteiger partial charge is 0.497 e. The molecule has 1 amide bonds. The van der Waals surface area contributed by atoms with Gasteiger partial charge in [-0.1, -0.05) is 30.3 Å². The maximum Gasteiger partial charge on any atom is 0.251 e. The predicted octanol–water partition coefficient (Wildman–Crippen LogP) is 2.56. The first-order valence-electron chi connectivity index (χ1n) is 7.32. The SMILES string of the molecule is COc1cc(OC)cc(C(=O)N[C@H](C)[C@H](O)c2ccccc2)c1. The molecule has 0 heterocycles. The van der Waals surface area contributed by atoms with Crippen molar-refractivity contribution >= 4 is 5.91 Å². The Hall–Kier alpha value is -2.53. The van der Waals surface area contributed by atoms with Crippen LogP contribution in [0.25, 0.3) is 0 Å². The van der Waals surface area contributed by atoms with E-state index in [1.807, 2.05) is 30.3 Å². The standard InChI is InChI=1S/C18H21NO4/c1-12(17(20)13-7-5-4-6-8-13)19-18(21)14-9-15(22-2)11-16(10-14)23-3/h4-12,17,20H,1-3H3,(H,19,21)/t12-,17+/m1/s1. The molecule has 0 spiro atoms. The lowest BCUT2D eigenvalue weighted by Crippen LogP contribution is -2.37. The van der Waals surface area contributed by atoms with Crippen molar-refractivity contribution in [2.45, 2.75) is 19.1 Å². The summed E-state index contributed by atoms with van der Waals surface area (Å²) in [7, 11) is 3.05. The minimum absolute atomic E-state index is 0.301. The zero-order chi connectivity index (χ0) is 16.8. The number of benzene rings is 2. The molecule has 122 valence electrons. The number of amides is 1.